The van der Waals surface area contributed by atoms with E-state index in [1.807, 2.05) is 0 Å². The molecule has 0 bridgehead atoms. The van der Waals surface area contributed by atoms with Gasteiger partial charge in [0.05, 0.1) is 35.3 Å². The summed E-state index contributed by atoms with van der Waals surface area (Å²) in [6.45, 7) is -0.239. The fourth-order valence-electron chi connectivity index (χ4n) is 2.38. The van der Waals surface area contributed by atoms with Gasteiger partial charge in [-0.15, -0.1) is 0 Å². The minimum Gasteiger partial charge on any atom is -0.468 e. The van der Waals surface area contributed by atoms with Crippen LogP contribution in [0.3, 0.4) is 0 Å². The van der Waals surface area contributed by atoms with Gasteiger partial charge in [-0.3, -0.25) is 4.79 Å². The lowest BCUT2D eigenvalue weighted by Gasteiger charge is -2.19. The van der Waals surface area contributed by atoms with E-state index >= 15 is 0 Å². The Morgan fingerprint density at radius 1 is 1.27 bits per heavy atom. The number of methoxy groups -OCH3 is 1. The summed E-state index contributed by atoms with van der Waals surface area (Å²) in [4.78, 5) is 11.2. The van der Waals surface area contributed by atoms with Gasteiger partial charge >= 0.3 is 5.97 Å². The maximum Gasteiger partial charge on any atom is 0.319 e. The number of carbonyl (C=O) groups excluding carboxylic acids is 1. The second kappa shape index (κ2) is 6.35. The molecule has 1 aromatic rings. The molecule has 0 aromatic heterocycles. The minimum absolute atomic E-state index is 0.0713. The van der Waals surface area contributed by atoms with Crippen LogP contribution in [0.25, 0.3) is 0 Å². The van der Waals surface area contributed by atoms with Crippen molar-refractivity contribution in [2.75, 3.05) is 25.2 Å². The maximum atomic E-state index is 12.6. The molecule has 1 saturated heterocycles. The van der Waals surface area contributed by atoms with Crippen molar-refractivity contribution in [3.63, 3.8) is 0 Å². The third-order valence-electron chi connectivity index (χ3n) is 3.51. The van der Waals surface area contributed by atoms with Crippen LogP contribution in [0, 0.1) is 0 Å². The zero-order valence-corrected chi connectivity index (χ0v) is 13.6. The summed E-state index contributed by atoms with van der Waals surface area (Å²) in [5.41, 5.74) is 0. The van der Waals surface area contributed by atoms with Gasteiger partial charge < -0.3 is 10.1 Å². The Morgan fingerprint density at radius 2 is 1.91 bits per heavy atom. The summed E-state index contributed by atoms with van der Waals surface area (Å²) >= 11 is 0. The first-order valence-corrected chi connectivity index (χ1v) is 9.92. The van der Waals surface area contributed by atoms with Gasteiger partial charge in [-0.25, -0.2) is 16.8 Å². The molecule has 2 atom stereocenters. The van der Waals surface area contributed by atoms with Gasteiger partial charge in [-0.1, -0.05) is 18.2 Å². The van der Waals surface area contributed by atoms with Crippen LogP contribution < -0.4 is 5.32 Å². The number of rotatable bonds is 5. The van der Waals surface area contributed by atoms with Crippen LogP contribution in [0.1, 0.15) is 0 Å². The Kier molecular flexibility index (Phi) is 4.88. The Balaban J connectivity index is 2.28. The first kappa shape index (κ1) is 16.9. The summed E-state index contributed by atoms with van der Waals surface area (Å²) in [6, 6.07) is 6.85. The van der Waals surface area contributed by atoms with Crippen molar-refractivity contribution >= 4 is 25.6 Å². The molecule has 122 valence electrons. The topological polar surface area (TPSA) is 107 Å². The average molecular weight is 347 g/mol. The molecule has 22 heavy (non-hydrogen) atoms. The summed E-state index contributed by atoms with van der Waals surface area (Å²) < 4.78 is 53.4. The number of hydrogen-bond donors (Lipinski definition) is 1. The Labute approximate surface area is 129 Å². The molecular weight excluding hydrogens is 330 g/mol. The van der Waals surface area contributed by atoms with E-state index in [1.165, 1.54) is 19.2 Å². The minimum atomic E-state index is -3.81. The number of carbonyl (C=O) groups is 1. The van der Waals surface area contributed by atoms with Gasteiger partial charge in [-0.05, 0) is 12.1 Å². The van der Waals surface area contributed by atoms with Crippen LogP contribution in [-0.4, -0.2) is 59.3 Å². The predicted octanol–water partition coefficient (Wildman–Crippen LogP) is -0.611. The SMILES string of the molecule is COC(=O)CN[C@H]1CS(=O)(=O)C[C@@H]1S(=O)(=O)c1ccccc1. The van der Waals surface area contributed by atoms with E-state index in [9.17, 15) is 21.6 Å². The quantitative estimate of drug-likeness (QED) is 0.708. The molecule has 0 amide bonds. The molecule has 0 unspecified atom stereocenters. The average Bonchev–Trinajstić information content (AvgIpc) is 2.81. The van der Waals surface area contributed by atoms with Crippen molar-refractivity contribution in [3.05, 3.63) is 30.3 Å². The van der Waals surface area contributed by atoms with Gasteiger partial charge in [0.1, 0.15) is 0 Å². The predicted molar refractivity (Wildman–Crippen MR) is 79.9 cm³/mol. The van der Waals surface area contributed by atoms with E-state index in [1.54, 1.807) is 18.2 Å². The van der Waals surface area contributed by atoms with Crippen molar-refractivity contribution in [2.45, 2.75) is 16.2 Å². The number of esters is 1. The van der Waals surface area contributed by atoms with E-state index in [0.29, 0.717) is 0 Å². The molecule has 1 fully saturated rings. The number of sulfone groups is 2. The van der Waals surface area contributed by atoms with Crippen LogP contribution in [0.2, 0.25) is 0 Å². The molecule has 1 aliphatic heterocycles. The van der Waals surface area contributed by atoms with Crippen molar-refractivity contribution in [3.8, 4) is 0 Å². The molecule has 7 nitrogen and oxygen atoms in total. The highest BCUT2D eigenvalue weighted by molar-refractivity contribution is 7.96. The Bertz CT molecular complexity index is 742. The standard InChI is InChI=1S/C13H17NO6S2/c1-20-13(15)7-14-11-8-21(16,17)9-12(11)22(18,19)10-5-3-2-4-6-10/h2-6,11-12,14H,7-9H2,1H3/t11-,12-/m0/s1. The van der Waals surface area contributed by atoms with Crippen LogP contribution in [0.4, 0.5) is 0 Å². The maximum absolute atomic E-state index is 12.6. The number of benzene rings is 1. The summed E-state index contributed by atoms with van der Waals surface area (Å²) in [5, 5.41) is 1.56. The molecule has 1 aliphatic rings. The fraction of sp³-hybridized carbons (Fsp3) is 0.462. The Hall–Kier alpha value is -1.45. The van der Waals surface area contributed by atoms with Crippen molar-refractivity contribution in [1.29, 1.82) is 0 Å². The highest BCUT2D eigenvalue weighted by Crippen LogP contribution is 2.25. The van der Waals surface area contributed by atoms with E-state index in [0.717, 1.165) is 0 Å². The largest absolute Gasteiger partial charge is 0.468 e. The zero-order chi connectivity index (χ0) is 16.4. The van der Waals surface area contributed by atoms with E-state index in [2.05, 4.69) is 10.1 Å². The lowest BCUT2D eigenvalue weighted by atomic mass is 10.2. The molecule has 2 rings (SSSR count). The molecular formula is C13H17NO6S2. The first-order valence-electron chi connectivity index (χ1n) is 6.56. The van der Waals surface area contributed by atoms with E-state index in [4.69, 9.17) is 0 Å². The lowest BCUT2D eigenvalue weighted by Crippen LogP contribution is -2.45. The highest BCUT2D eigenvalue weighted by Gasteiger charge is 2.45. The molecule has 0 saturated carbocycles. The fourth-order valence-corrected chi connectivity index (χ4v) is 7.12. The molecule has 0 aliphatic carbocycles. The second-order valence-corrected chi connectivity index (χ2v) is 9.36. The Morgan fingerprint density at radius 3 is 2.50 bits per heavy atom. The van der Waals surface area contributed by atoms with Crippen molar-refractivity contribution < 1.29 is 26.4 Å². The van der Waals surface area contributed by atoms with Crippen LogP contribution in [0.15, 0.2) is 35.2 Å². The van der Waals surface area contributed by atoms with Crippen LogP contribution in [-0.2, 0) is 29.2 Å². The zero-order valence-electron chi connectivity index (χ0n) is 11.9. The third-order valence-corrected chi connectivity index (χ3v) is 7.67. The van der Waals surface area contributed by atoms with Crippen molar-refractivity contribution in [1.82, 2.24) is 5.32 Å². The monoisotopic (exact) mass is 347 g/mol. The molecule has 1 aromatic carbocycles. The normalized spacial score (nSPS) is 24.0. The first-order chi connectivity index (χ1) is 10.3. The van der Waals surface area contributed by atoms with Gasteiger partial charge in [0.15, 0.2) is 19.7 Å². The van der Waals surface area contributed by atoms with Crippen LogP contribution >= 0.6 is 0 Å². The van der Waals surface area contributed by atoms with Gasteiger partial charge in [0.2, 0.25) is 0 Å². The smallest absolute Gasteiger partial charge is 0.319 e. The van der Waals surface area contributed by atoms with Crippen molar-refractivity contribution in [2.24, 2.45) is 0 Å². The van der Waals surface area contributed by atoms with Gasteiger partial charge in [-0.2, -0.15) is 0 Å². The molecule has 0 spiro atoms. The number of ether oxygens (including phenoxy) is 1. The summed E-state index contributed by atoms with van der Waals surface area (Å²) in [5.74, 6) is -1.36. The van der Waals surface area contributed by atoms with Gasteiger partial charge in [0.25, 0.3) is 0 Å². The summed E-state index contributed by atoms with van der Waals surface area (Å²) in [7, 11) is -6.09. The third kappa shape index (κ3) is 3.65. The second-order valence-electron chi connectivity index (χ2n) is 5.04. The highest BCUT2D eigenvalue weighted by atomic mass is 32.2. The van der Waals surface area contributed by atoms with E-state index in [-0.39, 0.29) is 17.2 Å². The molecule has 1 heterocycles. The molecule has 0 radical (unpaired) electrons. The van der Waals surface area contributed by atoms with Crippen LogP contribution in [0.5, 0.6) is 0 Å². The molecule has 1 N–H and O–H groups in total. The summed E-state index contributed by atoms with van der Waals surface area (Å²) in [6.07, 6.45) is 0. The lowest BCUT2D eigenvalue weighted by molar-refractivity contribution is -0.139. The number of hydrogen-bond acceptors (Lipinski definition) is 7. The van der Waals surface area contributed by atoms with Gasteiger partial charge in [0, 0.05) is 6.04 Å². The molecule has 9 heteroatoms. The van der Waals surface area contributed by atoms with E-state index < -0.39 is 42.7 Å². The number of nitrogens with one attached hydrogen (secondary N) is 1.